The van der Waals surface area contributed by atoms with Gasteiger partial charge >= 0.3 is 0 Å². The first-order valence-electron chi connectivity index (χ1n) is 10.0. The molecule has 2 aliphatic rings. The summed E-state index contributed by atoms with van der Waals surface area (Å²) < 4.78 is 5.25. The summed E-state index contributed by atoms with van der Waals surface area (Å²) in [7, 11) is 1.69. The predicted octanol–water partition coefficient (Wildman–Crippen LogP) is 2.90. The van der Waals surface area contributed by atoms with Gasteiger partial charge in [-0.1, -0.05) is 18.2 Å². The van der Waals surface area contributed by atoms with Crippen molar-refractivity contribution in [1.29, 1.82) is 0 Å². The number of nitrogens with zero attached hydrogens (tertiary/aromatic N) is 6. The van der Waals surface area contributed by atoms with Gasteiger partial charge < -0.3 is 19.4 Å². The van der Waals surface area contributed by atoms with Crippen molar-refractivity contribution in [1.82, 2.24) is 15.2 Å². The van der Waals surface area contributed by atoms with Gasteiger partial charge in [0.05, 0.1) is 13.3 Å². The average Bonchev–Trinajstić information content (AvgIpc) is 3.24. The maximum atomic E-state index is 5.25. The van der Waals surface area contributed by atoms with Crippen LogP contribution in [0.15, 0.2) is 54.7 Å². The molecule has 0 bridgehead atoms. The van der Waals surface area contributed by atoms with Crippen molar-refractivity contribution < 1.29 is 4.74 Å². The van der Waals surface area contributed by atoms with Crippen LogP contribution in [-0.4, -0.2) is 55.0 Å². The zero-order valence-electron chi connectivity index (χ0n) is 16.5. The number of benzene rings is 2. The topological polar surface area (TPSA) is 57.6 Å². The first-order valence-corrected chi connectivity index (χ1v) is 10.0. The van der Waals surface area contributed by atoms with Crippen molar-refractivity contribution in [3.8, 4) is 5.75 Å². The van der Waals surface area contributed by atoms with Crippen molar-refractivity contribution in [3.63, 3.8) is 0 Å². The number of hydrogen-bond donors (Lipinski definition) is 0. The lowest BCUT2D eigenvalue weighted by Gasteiger charge is -2.36. The normalized spacial score (nSPS) is 16.1. The van der Waals surface area contributed by atoms with Crippen LogP contribution in [0.4, 0.5) is 23.1 Å². The van der Waals surface area contributed by atoms with E-state index >= 15 is 0 Å². The number of aromatic nitrogens is 3. The molecule has 0 saturated carbocycles. The predicted molar refractivity (Wildman–Crippen MR) is 114 cm³/mol. The van der Waals surface area contributed by atoms with E-state index in [0.29, 0.717) is 5.95 Å². The van der Waals surface area contributed by atoms with Crippen LogP contribution in [-0.2, 0) is 6.42 Å². The van der Waals surface area contributed by atoms with E-state index in [1.807, 2.05) is 12.1 Å². The summed E-state index contributed by atoms with van der Waals surface area (Å²) in [5, 5.41) is 8.56. The molecule has 2 aromatic carbocycles. The lowest BCUT2D eigenvalue weighted by molar-refractivity contribution is 0.415. The molecule has 1 fully saturated rings. The number of fused-ring (bicyclic) bond motifs is 1. The van der Waals surface area contributed by atoms with E-state index < -0.39 is 0 Å². The molecule has 0 radical (unpaired) electrons. The largest absolute Gasteiger partial charge is 0.497 e. The SMILES string of the molecule is COc1ccc(N2CCN(c3cnnc(N4CCc5ccccc54)n3)CC2)cc1. The molecule has 1 aromatic heterocycles. The first-order chi connectivity index (χ1) is 14.3. The molecule has 2 aliphatic heterocycles. The van der Waals surface area contributed by atoms with Crippen LogP contribution in [0.3, 0.4) is 0 Å². The summed E-state index contributed by atoms with van der Waals surface area (Å²) in [6, 6.07) is 16.7. The maximum Gasteiger partial charge on any atom is 0.251 e. The van der Waals surface area contributed by atoms with Crippen molar-refractivity contribution in [2.24, 2.45) is 0 Å². The van der Waals surface area contributed by atoms with Gasteiger partial charge in [0.1, 0.15) is 5.75 Å². The molecule has 7 heteroatoms. The molecule has 0 unspecified atom stereocenters. The van der Waals surface area contributed by atoms with E-state index in [1.165, 1.54) is 16.9 Å². The van der Waals surface area contributed by atoms with Crippen molar-refractivity contribution in [2.45, 2.75) is 6.42 Å². The molecular weight excluding hydrogens is 364 g/mol. The van der Waals surface area contributed by atoms with E-state index in [0.717, 1.165) is 50.7 Å². The molecule has 3 heterocycles. The van der Waals surface area contributed by atoms with Crippen LogP contribution in [0, 0.1) is 0 Å². The third-order valence-electron chi connectivity index (χ3n) is 5.70. The number of para-hydroxylation sites is 1. The number of piperazine rings is 1. The number of methoxy groups -OCH3 is 1. The second kappa shape index (κ2) is 7.58. The van der Waals surface area contributed by atoms with Crippen LogP contribution < -0.4 is 19.4 Å². The third kappa shape index (κ3) is 3.44. The van der Waals surface area contributed by atoms with E-state index in [2.05, 4.69) is 61.3 Å². The zero-order valence-corrected chi connectivity index (χ0v) is 16.5. The van der Waals surface area contributed by atoms with E-state index in [1.54, 1.807) is 13.3 Å². The molecular formula is C22H24N6O. The Kier molecular flexibility index (Phi) is 4.63. The Morgan fingerprint density at radius 3 is 2.41 bits per heavy atom. The fourth-order valence-corrected chi connectivity index (χ4v) is 4.09. The van der Waals surface area contributed by atoms with E-state index in [9.17, 15) is 0 Å². The summed E-state index contributed by atoms with van der Waals surface area (Å²) in [4.78, 5) is 11.7. The lowest BCUT2D eigenvalue weighted by Crippen LogP contribution is -2.47. The fourth-order valence-electron chi connectivity index (χ4n) is 4.09. The zero-order chi connectivity index (χ0) is 19.6. The minimum atomic E-state index is 0.685. The second-order valence-corrected chi connectivity index (χ2v) is 7.32. The third-order valence-corrected chi connectivity index (χ3v) is 5.70. The Morgan fingerprint density at radius 1 is 0.862 bits per heavy atom. The number of anilines is 4. The lowest BCUT2D eigenvalue weighted by atomic mass is 10.2. The number of ether oxygens (including phenoxy) is 1. The van der Waals surface area contributed by atoms with Crippen molar-refractivity contribution >= 4 is 23.1 Å². The van der Waals surface area contributed by atoms with Crippen LogP contribution in [0.2, 0.25) is 0 Å². The fraction of sp³-hybridized carbons (Fsp3) is 0.318. The van der Waals surface area contributed by atoms with E-state index in [4.69, 9.17) is 9.72 Å². The van der Waals surface area contributed by atoms with Gasteiger partial charge in [-0.25, -0.2) is 0 Å². The summed E-state index contributed by atoms with van der Waals surface area (Å²) >= 11 is 0. The molecule has 29 heavy (non-hydrogen) atoms. The summed E-state index contributed by atoms with van der Waals surface area (Å²) in [6.45, 7) is 4.59. The molecule has 0 spiro atoms. The van der Waals surface area contributed by atoms with Crippen molar-refractivity contribution in [3.05, 3.63) is 60.3 Å². The van der Waals surface area contributed by atoms with Gasteiger partial charge in [0, 0.05) is 44.1 Å². The Balaban J connectivity index is 1.29. The Morgan fingerprint density at radius 2 is 1.62 bits per heavy atom. The molecule has 0 aliphatic carbocycles. The van der Waals surface area contributed by atoms with Crippen LogP contribution in [0.1, 0.15) is 5.56 Å². The summed E-state index contributed by atoms with van der Waals surface area (Å²) in [5.74, 6) is 2.47. The molecule has 7 nitrogen and oxygen atoms in total. The molecule has 5 rings (SSSR count). The maximum absolute atomic E-state index is 5.25. The van der Waals surface area contributed by atoms with Gasteiger partial charge in [-0.2, -0.15) is 10.1 Å². The molecule has 0 atom stereocenters. The number of rotatable bonds is 4. The second-order valence-electron chi connectivity index (χ2n) is 7.32. The number of hydrogen-bond acceptors (Lipinski definition) is 7. The molecule has 0 amide bonds. The summed E-state index contributed by atoms with van der Waals surface area (Å²) in [5.41, 5.74) is 3.76. The van der Waals surface area contributed by atoms with Crippen LogP contribution >= 0.6 is 0 Å². The molecule has 1 saturated heterocycles. The van der Waals surface area contributed by atoms with Crippen molar-refractivity contribution in [2.75, 3.05) is 54.5 Å². The quantitative estimate of drug-likeness (QED) is 0.681. The van der Waals surface area contributed by atoms with Gasteiger partial charge in [0.2, 0.25) is 0 Å². The highest BCUT2D eigenvalue weighted by Crippen LogP contribution is 2.32. The van der Waals surface area contributed by atoms with Crippen LogP contribution in [0.5, 0.6) is 5.75 Å². The van der Waals surface area contributed by atoms with Crippen LogP contribution in [0.25, 0.3) is 0 Å². The van der Waals surface area contributed by atoms with E-state index in [-0.39, 0.29) is 0 Å². The summed E-state index contributed by atoms with van der Waals surface area (Å²) in [6.07, 6.45) is 2.79. The highest BCUT2D eigenvalue weighted by molar-refractivity contribution is 5.66. The Bertz CT molecular complexity index is 985. The Labute approximate surface area is 170 Å². The standard InChI is InChI=1S/C22H24N6O/c1-29-19-8-6-18(7-9-19)26-12-14-27(15-13-26)21-16-23-25-22(24-21)28-11-10-17-4-2-3-5-20(17)28/h2-9,16H,10-15H2,1H3. The minimum absolute atomic E-state index is 0.685. The molecule has 3 aromatic rings. The minimum Gasteiger partial charge on any atom is -0.497 e. The molecule has 0 N–H and O–H groups in total. The van der Waals surface area contributed by atoms with Gasteiger partial charge in [-0.15, -0.1) is 5.10 Å². The van der Waals surface area contributed by atoms with Gasteiger partial charge in [-0.3, -0.25) is 0 Å². The monoisotopic (exact) mass is 388 g/mol. The highest BCUT2D eigenvalue weighted by Gasteiger charge is 2.24. The van der Waals surface area contributed by atoms with Gasteiger partial charge in [0.25, 0.3) is 5.95 Å². The molecule has 148 valence electrons. The smallest absolute Gasteiger partial charge is 0.251 e. The Hall–Kier alpha value is -3.35. The highest BCUT2D eigenvalue weighted by atomic mass is 16.5. The van der Waals surface area contributed by atoms with Gasteiger partial charge in [0.15, 0.2) is 5.82 Å². The average molecular weight is 388 g/mol. The first kappa shape index (κ1) is 17.7. The van der Waals surface area contributed by atoms with Gasteiger partial charge in [-0.05, 0) is 42.3 Å².